The Bertz CT molecular complexity index is 661. The van der Waals surface area contributed by atoms with E-state index in [1.165, 1.54) is 68.6 Å². The Morgan fingerprint density at radius 1 is 0.652 bits per heavy atom. The van der Waals surface area contributed by atoms with Crippen molar-refractivity contribution in [1.82, 2.24) is 0 Å². The molecule has 2 aliphatic carbocycles. The van der Waals surface area contributed by atoms with Crippen LogP contribution in [0.5, 0.6) is 0 Å². The number of rotatable bonds is 2. The summed E-state index contributed by atoms with van der Waals surface area (Å²) >= 11 is 0. The van der Waals surface area contributed by atoms with Gasteiger partial charge >= 0.3 is 0 Å². The van der Waals surface area contributed by atoms with E-state index in [0.717, 1.165) is 23.4 Å². The molecule has 122 valence electrons. The highest BCUT2D eigenvalue weighted by molar-refractivity contribution is 5.86. The van der Waals surface area contributed by atoms with E-state index in [-0.39, 0.29) is 0 Å². The number of anilines is 1. The largest absolute Gasteiger partial charge is 0.399 e. The standard InChI is InChI=1S/C22H29N/c23-22-13-12-20-14-19(10-11-21(20)15-22)18-8-6-17(7-9-18)16-4-2-1-3-5-16/h10-18H,1-9,23H2. The molecule has 0 aliphatic heterocycles. The Labute approximate surface area is 140 Å². The van der Waals surface area contributed by atoms with Gasteiger partial charge in [0, 0.05) is 5.69 Å². The molecule has 23 heavy (non-hydrogen) atoms. The Balaban J connectivity index is 1.44. The number of nitrogens with two attached hydrogens (primary N) is 1. The molecule has 0 heterocycles. The summed E-state index contributed by atoms with van der Waals surface area (Å²) in [6.45, 7) is 0. The number of fused-ring (bicyclic) bond motifs is 1. The van der Waals surface area contributed by atoms with Gasteiger partial charge in [-0.05, 0) is 71.9 Å². The van der Waals surface area contributed by atoms with Crippen LogP contribution in [0.25, 0.3) is 10.8 Å². The van der Waals surface area contributed by atoms with E-state index in [9.17, 15) is 0 Å². The normalized spacial score (nSPS) is 26.4. The van der Waals surface area contributed by atoms with Gasteiger partial charge in [-0.1, -0.05) is 56.4 Å². The molecule has 0 amide bonds. The fourth-order valence-electron chi connectivity index (χ4n) is 5.07. The van der Waals surface area contributed by atoms with E-state index in [1.54, 1.807) is 5.56 Å². The molecule has 2 aromatic carbocycles. The summed E-state index contributed by atoms with van der Waals surface area (Å²) in [6.07, 6.45) is 13.2. The van der Waals surface area contributed by atoms with Crippen molar-refractivity contribution in [3.8, 4) is 0 Å². The molecule has 4 rings (SSSR count). The maximum absolute atomic E-state index is 5.89. The first-order valence-electron chi connectivity index (χ1n) is 9.59. The topological polar surface area (TPSA) is 26.0 Å². The molecule has 0 spiro atoms. The van der Waals surface area contributed by atoms with Gasteiger partial charge in [-0.3, -0.25) is 0 Å². The first-order valence-corrected chi connectivity index (χ1v) is 9.59. The maximum Gasteiger partial charge on any atom is 0.0320 e. The zero-order valence-electron chi connectivity index (χ0n) is 14.1. The van der Waals surface area contributed by atoms with Gasteiger partial charge in [-0.15, -0.1) is 0 Å². The lowest BCUT2D eigenvalue weighted by atomic mass is 9.70. The molecule has 2 aliphatic rings. The highest BCUT2D eigenvalue weighted by Crippen LogP contribution is 2.43. The minimum Gasteiger partial charge on any atom is -0.399 e. The van der Waals surface area contributed by atoms with E-state index in [1.807, 2.05) is 6.07 Å². The fraction of sp³-hybridized carbons (Fsp3) is 0.545. The van der Waals surface area contributed by atoms with Crippen LogP contribution in [0.15, 0.2) is 36.4 Å². The second-order valence-corrected chi connectivity index (χ2v) is 7.88. The molecule has 0 bridgehead atoms. The molecule has 2 aromatic rings. The van der Waals surface area contributed by atoms with Crippen molar-refractivity contribution in [2.45, 2.75) is 63.7 Å². The summed E-state index contributed by atoms with van der Waals surface area (Å²) in [5, 5.41) is 2.61. The second kappa shape index (κ2) is 6.55. The van der Waals surface area contributed by atoms with Gasteiger partial charge in [-0.25, -0.2) is 0 Å². The van der Waals surface area contributed by atoms with Crippen molar-refractivity contribution in [1.29, 1.82) is 0 Å². The number of hydrogen-bond donors (Lipinski definition) is 1. The van der Waals surface area contributed by atoms with Gasteiger partial charge in [0.05, 0.1) is 0 Å². The Kier molecular flexibility index (Phi) is 4.29. The molecule has 0 saturated heterocycles. The Morgan fingerprint density at radius 3 is 2.09 bits per heavy atom. The second-order valence-electron chi connectivity index (χ2n) is 7.88. The molecule has 2 saturated carbocycles. The van der Waals surface area contributed by atoms with Crippen molar-refractivity contribution >= 4 is 16.5 Å². The van der Waals surface area contributed by atoms with Crippen LogP contribution in [-0.4, -0.2) is 0 Å². The summed E-state index contributed by atoms with van der Waals surface area (Å²) in [5.74, 6) is 2.84. The molecule has 0 aromatic heterocycles. The smallest absolute Gasteiger partial charge is 0.0320 e. The molecule has 2 N–H and O–H groups in total. The lowest BCUT2D eigenvalue weighted by Crippen LogP contribution is -2.23. The van der Waals surface area contributed by atoms with Crippen LogP contribution in [0.2, 0.25) is 0 Å². The third-order valence-corrected chi connectivity index (χ3v) is 6.45. The van der Waals surface area contributed by atoms with E-state index >= 15 is 0 Å². The first kappa shape index (κ1) is 15.1. The SMILES string of the molecule is Nc1ccc2cc(C3CCC(C4CCCCC4)CC3)ccc2c1. The van der Waals surface area contributed by atoms with Crippen LogP contribution in [0, 0.1) is 11.8 Å². The molecule has 0 unspecified atom stereocenters. The predicted molar refractivity (Wildman–Crippen MR) is 99.6 cm³/mol. The zero-order chi connectivity index (χ0) is 15.6. The van der Waals surface area contributed by atoms with Crippen LogP contribution in [0.3, 0.4) is 0 Å². The number of benzene rings is 2. The summed E-state index contributed by atoms with van der Waals surface area (Å²) in [5.41, 5.74) is 8.30. The average molecular weight is 307 g/mol. The van der Waals surface area contributed by atoms with Gasteiger partial charge < -0.3 is 5.73 Å². The third kappa shape index (κ3) is 3.24. The van der Waals surface area contributed by atoms with Crippen LogP contribution < -0.4 is 5.73 Å². The molecule has 2 fully saturated rings. The van der Waals surface area contributed by atoms with Gasteiger partial charge in [0.15, 0.2) is 0 Å². The molecular formula is C22H29N. The quantitative estimate of drug-likeness (QED) is 0.649. The Hall–Kier alpha value is -1.50. The van der Waals surface area contributed by atoms with Gasteiger partial charge in [0.2, 0.25) is 0 Å². The number of hydrogen-bond acceptors (Lipinski definition) is 1. The average Bonchev–Trinajstić information content (AvgIpc) is 2.62. The fourth-order valence-corrected chi connectivity index (χ4v) is 5.07. The van der Waals surface area contributed by atoms with E-state index in [4.69, 9.17) is 5.73 Å². The molecular weight excluding hydrogens is 278 g/mol. The van der Waals surface area contributed by atoms with E-state index < -0.39 is 0 Å². The first-order chi connectivity index (χ1) is 11.3. The lowest BCUT2D eigenvalue weighted by molar-refractivity contribution is 0.186. The van der Waals surface area contributed by atoms with E-state index in [0.29, 0.717) is 0 Å². The lowest BCUT2D eigenvalue weighted by Gasteiger charge is -2.36. The van der Waals surface area contributed by atoms with Gasteiger partial charge in [0.1, 0.15) is 0 Å². The van der Waals surface area contributed by atoms with Crippen molar-refractivity contribution in [2.75, 3.05) is 5.73 Å². The van der Waals surface area contributed by atoms with Crippen molar-refractivity contribution in [2.24, 2.45) is 11.8 Å². The summed E-state index contributed by atoms with van der Waals surface area (Å²) in [6, 6.07) is 13.3. The van der Waals surface area contributed by atoms with Crippen LogP contribution in [0.4, 0.5) is 5.69 Å². The Morgan fingerprint density at radius 2 is 1.30 bits per heavy atom. The minimum atomic E-state index is 0.775. The van der Waals surface area contributed by atoms with Crippen LogP contribution >= 0.6 is 0 Å². The summed E-state index contributed by atoms with van der Waals surface area (Å²) in [4.78, 5) is 0. The molecule has 1 heteroatoms. The minimum absolute atomic E-state index is 0.775. The van der Waals surface area contributed by atoms with Crippen molar-refractivity contribution in [3.05, 3.63) is 42.0 Å². The number of nitrogen functional groups attached to an aromatic ring is 1. The maximum atomic E-state index is 5.89. The van der Waals surface area contributed by atoms with Crippen molar-refractivity contribution < 1.29 is 0 Å². The summed E-state index contributed by atoms with van der Waals surface area (Å²) < 4.78 is 0. The molecule has 0 atom stereocenters. The van der Waals surface area contributed by atoms with Crippen molar-refractivity contribution in [3.63, 3.8) is 0 Å². The third-order valence-electron chi connectivity index (χ3n) is 6.45. The van der Waals surface area contributed by atoms with Gasteiger partial charge in [0.25, 0.3) is 0 Å². The van der Waals surface area contributed by atoms with E-state index in [2.05, 4.69) is 30.3 Å². The zero-order valence-corrected chi connectivity index (χ0v) is 14.1. The highest BCUT2D eigenvalue weighted by Gasteiger charge is 2.29. The summed E-state index contributed by atoms with van der Waals surface area (Å²) in [7, 11) is 0. The van der Waals surface area contributed by atoms with Crippen LogP contribution in [-0.2, 0) is 0 Å². The van der Waals surface area contributed by atoms with Gasteiger partial charge in [-0.2, -0.15) is 0 Å². The highest BCUT2D eigenvalue weighted by atomic mass is 14.5. The van der Waals surface area contributed by atoms with Crippen LogP contribution in [0.1, 0.15) is 69.3 Å². The molecule has 1 nitrogen and oxygen atoms in total. The molecule has 0 radical (unpaired) electrons. The monoisotopic (exact) mass is 307 g/mol. The predicted octanol–water partition coefficient (Wildman–Crippen LogP) is 6.28.